The molecule has 0 bridgehead atoms. The van der Waals surface area contributed by atoms with Gasteiger partial charge in [-0.05, 0) is 55.5 Å². The first-order chi connectivity index (χ1) is 13.1. The number of benzene rings is 2. The predicted molar refractivity (Wildman–Crippen MR) is 118 cm³/mol. The van der Waals surface area contributed by atoms with E-state index in [0.717, 1.165) is 47.5 Å². The van der Waals surface area contributed by atoms with Crippen LogP contribution in [0.15, 0.2) is 41.3 Å². The number of nitrogens with one attached hydrogen (secondary N) is 1. The van der Waals surface area contributed by atoms with Gasteiger partial charge in [0.1, 0.15) is 5.52 Å². The van der Waals surface area contributed by atoms with Gasteiger partial charge in [0.15, 0.2) is 5.13 Å². The van der Waals surface area contributed by atoms with Crippen LogP contribution < -0.4 is 5.32 Å². The van der Waals surface area contributed by atoms with Crippen LogP contribution in [0.4, 0.5) is 5.13 Å². The molecule has 0 saturated heterocycles. The van der Waals surface area contributed by atoms with E-state index in [4.69, 9.17) is 11.6 Å². The van der Waals surface area contributed by atoms with Crippen LogP contribution in [-0.4, -0.2) is 21.6 Å². The molecule has 0 unspecified atom stereocenters. The van der Waals surface area contributed by atoms with E-state index in [1.54, 1.807) is 23.1 Å². The number of thiazole rings is 2. The van der Waals surface area contributed by atoms with Gasteiger partial charge in [0.2, 0.25) is 5.91 Å². The molecule has 4 rings (SSSR count). The van der Waals surface area contributed by atoms with Crippen LogP contribution in [0.25, 0.3) is 20.4 Å². The molecule has 27 heavy (non-hydrogen) atoms. The molecule has 4 aromatic rings. The molecule has 138 valence electrons. The van der Waals surface area contributed by atoms with E-state index in [9.17, 15) is 4.79 Å². The van der Waals surface area contributed by atoms with Gasteiger partial charge in [-0.1, -0.05) is 22.9 Å². The number of carbonyl (C=O) groups is 1. The van der Waals surface area contributed by atoms with Crippen LogP contribution in [0.3, 0.4) is 0 Å². The minimum Gasteiger partial charge on any atom is -0.302 e. The zero-order valence-corrected chi connectivity index (χ0v) is 17.7. The average Bonchev–Trinajstić information content (AvgIpc) is 3.22. The van der Waals surface area contributed by atoms with E-state index in [2.05, 4.69) is 15.3 Å². The lowest BCUT2D eigenvalue weighted by Gasteiger charge is -2.02. The standard InChI is InChI=1S/C19H16ClN3OS3/c1-11-21-17-15(26-11)9-8-14-18(17)27-19(22-14)23-16(24)3-2-10-25-13-6-4-12(20)5-7-13/h4-9H,2-3,10H2,1H3,(H,22,23,24). The van der Waals surface area contributed by atoms with Crippen molar-refractivity contribution in [1.82, 2.24) is 9.97 Å². The third kappa shape index (κ3) is 4.43. The summed E-state index contributed by atoms with van der Waals surface area (Å²) in [4.78, 5) is 22.5. The second-order valence-corrected chi connectivity index (χ2v) is 9.81. The van der Waals surface area contributed by atoms with Crippen molar-refractivity contribution in [3.63, 3.8) is 0 Å². The largest absolute Gasteiger partial charge is 0.302 e. The Morgan fingerprint density at radius 3 is 2.78 bits per heavy atom. The van der Waals surface area contributed by atoms with Crippen molar-refractivity contribution >= 4 is 77.5 Å². The molecule has 0 aliphatic heterocycles. The molecule has 0 saturated carbocycles. The highest BCUT2D eigenvalue weighted by molar-refractivity contribution is 7.99. The Hall–Kier alpha value is -1.67. The first-order valence-electron chi connectivity index (χ1n) is 8.43. The lowest BCUT2D eigenvalue weighted by atomic mass is 10.3. The summed E-state index contributed by atoms with van der Waals surface area (Å²) in [7, 11) is 0. The summed E-state index contributed by atoms with van der Waals surface area (Å²) in [6, 6.07) is 11.8. The number of halogens is 1. The minimum atomic E-state index is -0.00327. The van der Waals surface area contributed by atoms with Crippen LogP contribution in [-0.2, 0) is 4.79 Å². The Kier molecular flexibility index (Phi) is 5.63. The van der Waals surface area contributed by atoms with Crippen molar-refractivity contribution in [2.75, 3.05) is 11.1 Å². The van der Waals surface area contributed by atoms with E-state index >= 15 is 0 Å². The summed E-state index contributed by atoms with van der Waals surface area (Å²) in [5.74, 6) is 0.879. The van der Waals surface area contributed by atoms with Gasteiger partial charge in [-0.3, -0.25) is 4.79 Å². The number of amides is 1. The number of anilines is 1. The first kappa shape index (κ1) is 18.7. The van der Waals surface area contributed by atoms with Crippen molar-refractivity contribution in [3.05, 3.63) is 46.4 Å². The third-order valence-corrected chi connectivity index (χ3v) is 7.18. The Labute approximate surface area is 174 Å². The number of nitrogens with zero attached hydrogens (tertiary/aromatic N) is 2. The third-order valence-electron chi connectivity index (χ3n) is 3.90. The lowest BCUT2D eigenvalue weighted by Crippen LogP contribution is -2.11. The van der Waals surface area contributed by atoms with Crippen LogP contribution in [0.2, 0.25) is 5.02 Å². The molecule has 0 fully saturated rings. The van der Waals surface area contributed by atoms with Crippen molar-refractivity contribution in [3.8, 4) is 0 Å². The van der Waals surface area contributed by atoms with Gasteiger partial charge in [-0.15, -0.1) is 23.1 Å². The number of hydrogen-bond acceptors (Lipinski definition) is 6. The number of fused-ring (bicyclic) bond motifs is 3. The molecule has 1 N–H and O–H groups in total. The average molecular weight is 434 g/mol. The summed E-state index contributed by atoms with van der Waals surface area (Å²) >= 11 is 10.8. The fourth-order valence-corrected chi connectivity index (χ4v) is 5.53. The zero-order chi connectivity index (χ0) is 18.8. The van der Waals surface area contributed by atoms with Crippen LogP contribution in [0.1, 0.15) is 17.8 Å². The Morgan fingerprint density at radius 2 is 1.96 bits per heavy atom. The molecule has 0 spiro atoms. The Bertz CT molecular complexity index is 1100. The SMILES string of the molecule is Cc1nc2c(ccc3nc(NC(=O)CCCSc4ccc(Cl)cc4)sc32)s1. The summed E-state index contributed by atoms with van der Waals surface area (Å²) < 4.78 is 2.19. The fraction of sp³-hybridized carbons (Fsp3) is 0.211. The van der Waals surface area contributed by atoms with Gasteiger partial charge in [0.05, 0.1) is 19.9 Å². The van der Waals surface area contributed by atoms with E-state index in [1.165, 1.54) is 11.3 Å². The Balaban J connectivity index is 1.33. The van der Waals surface area contributed by atoms with Crippen molar-refractivity contribution < 1.29 is 4.79 Å². The van der Waals surface area contributed by atoms with Gasteiger partial charge in [-0.2, -0.15) is 0 Å². The molecule has 2 aromatic carbocycles. The maximum atomic E-state index is 12.2. The highest BCUT2D eigenvalue weighted by Gasteiger charge is 2.12. The first-order valence-corrected chi connectivity index (χ1v) is 11.4. The predicted octanol–water partition coefficient (Wildman–Crippen LogP) is 6.38. The molecule has 8 heteroatoms. The van der Waals surface area contributed by atoms with Crippen molar-refractivity contribution in [2.24, 2.45) is 0 Å². The van der Waals surface area contributed by atoms with Crippen LogP contribution in [0, 0.1) is 6.92 Å². The van der Waals surface area contributed by atoms with Gasteiger partial charge >= 0.3 is 0 Å². The normalized spacial score (nSPS) is 11.3. The van der Waals surface area contributed by atoms with Gasteiger partial charge in [-0.25, -0.2) is 9.97 Å². The van der Waals surface area contributed by atoms with Gasteiger partial charge < -0.3 is 5.32 Å². The number of carbonyl (C=O) groups excluding carboxylic acids is 1. The maximum absolute atomic E-state index is 12.2. The smallest absolute Gasteiger partial charge is 0.226 e. The molecule has 1 amide bonds. The summed E-state index contributed by atoms with van der Waals surface area (Å²) in [6.45, 7) is 2.00. The highest BCUT2D eigenvalue weighted by Crippen LogP contribution is 2.34. The molecule has 2 aromatic heterocycles. The number of rotatable bonds is 6. The molecule has 0 radical (unpaired) electrons. The molecule has 4 nitrogen and oxygen atoms in total. The van der Waals surface area contributed by atoms with E-state index in [1.807, 2.05) is 43.3 Å². The summed E-state index contributed by atoms with van der Waals surface area (Å²) in [5, 5.41) is 5.34. The molecule has 0 aliphatic carbocycles. The molecular weight excluding hydrogens is 418 g/mol. The topological polar surface area (TPSA) is 54.9 Å². The van der Waals surface area contributed by atoms with Gasteiger partial charge in [0.25, 0.3) is 0 Å². The summed E-state index contributed by atoms with van der Waals surface area (Å²) in [5.41, 5.74) is 1.86. The molecule has 0 aliphatic rings. The number of aromatic nitrogens is 2. The monoisotopic (exact) mass is 433 g/mol. The summed E-state index contributed by atoms with van der Waals surface area (Å²) in [6.07, 6.45) is 1.28. The van der Waals surface area contributed by atoms with Crippen LogP contribution >= 0.6 is 46.0 Å². The fourth-order valence-electron chi connectivity index (χ4n) is 2.68. The van der Waals surface area contributed by atoms with E-state index in [-0.39, 0.29) is 5.91 Å². The second-order valence-electron chi connectivity index (χ2n) is 5.97. The van der Waals surface area contributed by atoms with Crippen LogP contribution in [0.5, 0.6) is 0 Å². The van der Waals surface area contributed by atoms with E-state index in [0.29, 0.717) is 11.6 Å². The highest BCUT2D eigenvalue weighted by atomic mass is 35.5. The molecular formula is C19H16ClN3OS3. The minimum absolute atomic E-state index is 0.00327. The lowest BCUT2D eigenvalue weighted by molar-refractivity contribution is -0.116. The maximum Gasteiger partial charge on any atom is 0.226 e. The quantitative estimate of drug-likeness (QED) is 0.283. The van der Waals surface area contributed by atoms with Gasteiger partial charge in [0, 0.05) is 16.3 Å². The van der Waals surface area contributed by atoms with E-state index < -0.39 is 0 Å². The number of aryl methyl sites for hydroxylation is 1. The Morgan fingerprint density at radius 1 is 1.15 bits per heavy atom. The second kappa shape index (κ2) is 8.14. The number of thioether (sulfide) groups is 1. The van der Waals surface area contributed by atoms with Crippen molar-refractivity contribution in [2.45, 2.75) is 24.7 Å². The molecule has 2 heterocycles. The zero-order valence-electron chi connectivity index (χ0n) is 14.5. The van der Waals surface area contributed by atoms with Crippen molar-refractivity contribution in [1.29, 1.82) is 0 Å². The molecule has 0 atom stereocenters. The number of hydrogen-bond donors (Lipinski definition) is 1.